The Kier molecular flexibility index (Phi) is 4.43. The smallest absolute Gasteiger partial charge is 0.254 e. The molecule has 0 atom stereocenters. The first-order valence-corrected chi connectivity index (χ1v) is 7.73. The number of rotatable bonds is 3. The van der Waals surface area contributed by atoms with E-state index in [-0.39, 0.29) is 11.7 Å². The van der Waals surface area contributed by atoms with Gasteiger partial charge in [0.25, 0.3) is 5.91 Å². The van der Waals surface area contributed by atoms with Crippen molar-refractivity contribution >= 4 is 5.91 Å². The average molecular weight is 317 g/mol. The minimum atomic E-state index is -0.382. The second kappa shape index (κ2) is 6.50. The summed E-state index contributed by atoms with van der Waals surface area (Å²) in [4.78, 5) is 16.5. The molecule has 1 aromatic carbocycles. The number of amides is 1. The molecule has 1 saturated heterocycles. The van der Waals surface area contributed by atoms with E-state index in [1.165, 1.54) is 12.1 Å². The van der Waals surface area contributed by atoms with E-state index < -0.39 is 0 Å². The van der Waals surface area contributed by atoms with Crippen LogP contribution in [0.25, 0.3) is 0 Å². The van der Waals surface area contributed by atoms with Crippen molar-refractivity contribution in [3.05, 3.63) is 52.7 Å². The Morgan fingerprint density at radius 1 is 1.26 bits per heavy atom. The van der Waals surface area contributed by atoms with E-state index in [4.69, 9.17) is 4.52 Å². The van der Waals surface area contributed by atoms with E-state index in [9.17, 15) is 9.18 Å². The number of nitrogens with zero attached hydrogens (tertiary/aromatic N) is 3. The summed E-state index contributed by atoms with van der Waals surface area (Å²) >= 11 is 0. The molecule has 1 fully saturated rings. The van der Waals surface area contributed by atoms with Crippen LogP contribution in [0.2, 0.25) is 0 Å². The number of benzene rings is 1. The van der Waals surface area contributed by atoms with Crippen molar-refractivity contribution < 1.29 is 13.7 Å². The molecule has 122 valence electrons. The van der Waals surface area contributed by atoms with Gasteiger partial charge in [0.15, 0.2) is 0 Å². The number of hydrogen-bond donors (Lipinski definition) is 0. The van der Waals surface area contributed by atoms with Crippen LogP contribution in [0.4, 0.5) is 4.39 Å². The lowest BCUT2D eigenvalue weighted by atomic mass is 10.1. The Labute approximate surface area is 134 Å². The van der Waals surface area contributed by atoms with Crippen molar-refractivity contribution in [1.82, 2.24) is 15.0 Å². The number of aromatic nitrogens is 1. The van der Waals surface area contributed by atoms with E-state index in [2.05, 4.69) is 10.1 Å². The van der Waals surface area contributed by atoms with Crippen molar-refractivity contribution in [3.8, 4) is 0 Å². The zero-order valence-electron chi connectivity index (χ0n) is 13.4. The van der Waals surface area contributed by atoms with Crippen molar-refractivity contribution in [1.29, 1.82) is 0 Å². The van der Waals surface area contributed by atoms with E-state index in [1.807, 2.05) is 13.8 Å². The highest BCUT2D eigenvalue weighted by Gasteiger charge is 2.23. The van der Waals surface area contributed by atoms with Gasteiger partial charge in [-0.2, -0.15) is 0 Å². The molecule has 0 saturated carbocycles. The van der Waals surface area contributed by atoms with Gasteiger partial charge >= 0.3 is 0 Å². The number of carbonyl (C=O) groups excluding carboxylic acids is 1. The normalized spacial score (nSPS) is 15.9. The number of hydrogen-bond acceptors (Lipinski definition) is 4. The van der Waals surface area contributed by atoms with Gasteiger partial charge in [-0.3, -0.25) is 9.69 Å². The van der Waals surface area contributed by atoms with Gasteiger partial charge in [-0.15, -0.1) is 0 Å². The summed E-state index contributed by atoms with van der Waals surface area (Å²) < 4.78 is 18.4. The summed E-state index contributed by atoms with van der Waals surface area (Å²) in [6, 6.07) is 5.86. The first-order chi connectivity index (χ1) is 11.0. The van der Waals surface area contributed by atoms with Crippen LogP contribution in [0.5, 0.6) is 0 Å². The van der Waals surface area contributed by atoms with Gasteiger partial charge in [0.05, 0.1) is 5.69 Å². The van der Waals surface area contributed by atoms with Gasteiger partial charge in [-0.1, -0.05) is 11.2 Å². The maximum atomic E-state index is 13.3. The molecule has 0 bridgehead atoms. The van der Waals surface area contributed by atoms with Crippen molar-refractivity contribution in [3.63, 3.8) is 0 Å². The first kappa shape index (κ1) is 15.7. The molecule has 0 aliphatic carbocycles. The fraction of sp³-hybridized carbons (Fsp3) is 0.412. The standard InChI is InChI=1S/C17H20FN3O2/c1-12-16(13(2)23-19-12)11-20-6-8-21(9-7-20)17(22)14-4-3-5-15(18)10-14/h3-5,10H,6-9,11H2,1-2H3. The monoisotopic (exact) mass is 317 g/mol. The summed E-state index contributed by atoms with van der Waals surface area (Å²) in [5, 5.41) is 3.97. The second-order valence-electron chi connectivity index (χ2n) is 5.88. The van der Waals surface area contributed by atoms with Crippen molar-refractivity contribution in [2.45, 2.75) is 20.4 Å². The molecule has 2 aromatic rings. The minimum Gasteiger partial charge on any atom is -0.361 e. The maximum Gasteiger partial charge on any atom is 0.254 e. The first-order valence-electron chi connectivity index (χ1n) is 7.73. The van der Waals surface area contributed by atoms with Crippen LogP contribution in [0.1, 0.15) is 27.4 Å². The molecule has 23 heavy (non-hydrogen) atoms. The number of aryl methyl sites for hydroxylation is 2. The molecular weight excluding hydrogens is 297 g/mol. The average Bonchev–Trinajstić information content (AvgIpc) is 2.87. The summed E-state index contributed by atoms with van der Waals surface area (Å²) in [6.07, 6.45) is 0. The van der Waals surface area contributed by atoms with Gasteiger partial charge in [0.2, 0.25) is 0 Å². The van der Waals surface area contributed by atoms with Crippen LogP contribution in [0, 0.1) is 19.7 Å². The molecule has 0 unspecified atom stereocenters. The minimum absolute atomic E-state index is 0.110. The fourth-order valence-electron chi connectivity index (χ4n) is 2.86. The van der Waals surface area contributed by atoms with Crippen LogP contribution in [-0.4, -0.2) is 47.0 Å². The second-order valence-corrected chi connectivity index (χ2v) is 5.88. The Bertz CT molecular complexity index is 686. The predicted octanol–water partition coefficient (Wildman–Crippen LogP) is 2.39. The Balaban J connectivity index is 1.59. The van der Waals surface area contributed by atoms with Crippen molar-refractivity contribution in [2.24, 2.45) is 0 Å². The van der Waals surface area contributed by atoms with Crippen LogP contribution in [0.15, 0.2) is 28.8 Å². The molecule has 2 heterocycles. The third kappa shape index (κ3) is 3.42. The summed E-state index contributed by atoms with van der Waals surface area (Å²) in [5.74, 6) is 0.357. The molecule has 0 spiro atoms. The Morgan fingerprint density at radius 3 is 2.61 bits per heavy atom. The molecule has 0 radical (unpaired) electrons. The third-order valence-electron chi connectivity index (χ3n) is 4.29. The highest BCUT2D eigenvalue weighted by molar-refractivity contribution is 5.94. The van der Waals surface area contributed by atoms with Gasteiger partial charge in [0.1, 0.15) is 11.6 Å². The topological polar surface area (TPSA) is 49.6 Å². The predicted molar refractivity (Wildman–Crippen MR) is 83.6 cm³/mol. The van der Waals surface area contributed by atoms with E-state index >= 15 is 0 Å². The highest BCUT2D eigenvalue weighted by Crippen LogP contribution is 2.17. The number of piperazine rings is 1. The molecule has 1 aliphatic rings. The summed E-state index contributed by atoms with van der Waals surface area (Å²) in [6.45, 7) is 7.48. The van der Waals surface area contributed by atoms with Crippen LogP contribution >= 0.6 is 0 Å². The van der Waals surface area contributed by atoms with Gasteiger partial charge in [-0.05, 0) is 32.0 Å². The lowest BCUT2D eigenvalue weighted by Gasteiger charge is -2.34. The van der Waals surface area contributed by atoms with Gasteiger partial charge in [-0.25, -0.2) is 4.39 Å². The molecule has 6 heteroatoms. The summed E-state index contributed by atoms with van der Waals surface area (Å²) in [5.41, 5.74) is 2.44. The van der Waals surface area contributed by atoms with Crippen LogP contribution in [-0.2, 0) is 6.54 Å². The number of carbonyl (C=O) groups is 1. The molecular formula is C17H20FN3O2. The highest BCUT2D eigenvalue weighted by atomic mass is 19.1. The lowest BCUT2D eigenvalue weighted by molar-refractivity contribution is 0.0627. The molecule has 1 amide bonds. The molecule has 5 nitrogen and oxygen atoms in total. The Hall–Kier alpha value is -2.21. The maximum absolute atomic E-state index is 13.3. The zero-order valence-corrected chi connectivity index (χ0v) is 13.4. The van der Waals surface area contributed by atoms with Crippen molar-refractivity contribution in [2.75, 3.05) is 26.2 Å². The lowest BCUT2D eigenvalue weighted by Crippen LogP contribution is -2.48. The summed E-state index contributed by atoms with van der Waals surface area (Å²) in [7, 11) is 0. The zero-order chi connectivity index (χ0) is 16.4. The SMILES string of the molecule is Cc1noc(C)c1CN1CCN(C(=O)c2cccc(F)c2)CC1. The molecule has 0 N–H and O–H groups in total. The number of halogens is 1. The molecule has 1 aromatic heterocycles. The van der Waals surface area contributed by atoms with Gasteiger partial charge < -0.3 is 9.42 Å². The largest absolute Gasteiger partial charge is 0.361 e. The van der Waals surface area contributed by atoms with Crippen LogP contribution < -0.4 is 0 Å². The van der Waals surface area contributed by atoms with E-state index in [0.29, 0.717) is 18.7 Å². The fourth-order valence-corrected chi connectivity index (χ4v) is 2.86. The third-order valence-corrected chi connectivity index (χ3v) is 4.29. The van der Waals surface area contributed by atoms with E-state index in [1.54, 1.807) is 17.0 Å². The van der Waals surface area contributed by atoms with E-state index in [0.717, 1.165) is 36.7 Å². The Morgan fingerprint density at radius 2 is 2.00 bits per heavy atom. The molecule has 1 aliphatic heterocycles. The molecule has 3 rings (SSSR count). The van der Waals surface area contributed by atoms with Gasteiger partial charge in [0, 0.05) is 43.9 Å². The van der Waals surface area contributed by atoms with Crippen LogP contribution in [0.3, 0.4) is 0 Å². The quantitative estimate of drug-likeness (QED) is 0.872.